The van der Waals surface area contributed by atoms with E-state index in [0.29, 0.717) is 35.8 Å². The number of nitrogens with one attached hydrogen (secondary N) is 1. The van der Waals surface area contributed by atoms with E-state index in [2.05, 4.69) is 5.32 Å². The molecule has 1 aliphatic carbocycles. The van der Waals surface area contributed by atoms with Gasteiger partial charge in [0.2, 0.25) is 10.0 Å². The Labute approximate surface area is 266 Å². The summed E-state index contributed by atoms with van der Waals surface area (Å²) in [4.78, 5) is 25.7. The van der Waals surface area contributed by atoms with Gasteiger partial charge in [-0.2, -0.15) is 16.1 Å². The lowest BCUT2D eigenvalue weighted by molar-refractivity contribution is -0.139. The van der Waals surface area contributed by atoms with Crippen molar-refractivity contribution in [3.05, 3.63) is 89.0 Å². The van der Waals surface area contributed by atoms with Crippen molar-refractivity contribution < 1.29 is 23.1 Å². The fourth-order valence-electron chi connectivity index (χ4n) is 5.86. The van der Waals surface area contributed by atoms with Crippen LogP contribution in [0, 0.1) is 19.8 Å². The first-order chi connectivity index (χ1) is 21.1. The van der Waals surface area contributed by atoms with Crippen LogP contribution < -0.4 is 5.32 Å². The number of carbonyl (C=O) groups excluding carboxylic acids is 1. The number of amides is 1. The molecule has 9 heteroatoms. The second kappa shape index (κ2) is 15.7. The largest absolute Gasteiger partial charge is 0.480 e. The zero-order valence-electron chi connectivity index (χ0n) is 25.9. The molecule has 3 aromatic carbocycles. The van der Waals surface area contributed by atoms with E-state index in [-0.39, 0.29) is 11.4 Å². The summed E-state index contributed by atoms with van der Waals surface area (Å²) in [6.07, 6.45) is 8.91. The van der Waals surface area contributed by atoms with Gasteiger partial charge in [-0.15, -0.1) is 0 Å². The number of aliphatic carboxylic acids is 1. The summed E-state index contributed by atoms with van der Waals surface area (Å²) < 4.78 is 29.5. The van der Waals surface area contributed by atoms with Crippen molar-refractivity contribution in [1.82, 2.24) is 9.62 Å². The number of carbonyl (C=O) groups is 2. The first-order valence-corrected chi connectivity index (χ1v) is 18.2. The minimum absolute atomic E-state index is 0.162. The van der Waals surface area contributed by atoms with Crippen LogP contribution in [0.3, 0.4) is 0 Å². The van der Waals surface area contributed by atoms with Crippen LogP contribution in [0.4, 0.5) is 0 Å². The van der Waals surface area contributed by atoms with Gasteiger partial charge in [0.25, 0.3) is 5.91 Å². The highest BCUT2D eigenvalue weighted by Gasteiger charge is 2.28. The van der Waals surface area contributed by atoms with Crippen LogP contribution >= 0.6 is 11.8 Å². The maximum absolute atomic E-state index is 14.0. The number of hydrogen-bond acceptors (Lipinski definition) is 5. The molecule has 0 radical (unpaired) electrons. The van der Waals surface area contributed by atoms with Crippen LogP contribution in [0.15, 0.2) is 71.6 Å². The van der Waals surface area contributed by atoms with Crippen LogP contribution in [0.25, 0.3) is 11.1 Å². The number of nitrogens with zero attached hydrogens (tertiary/aromatic N) is 1. The van der Waals surface area contributed by atoms with Gasteiger partial charge in [0, 0.05) is 18.7 Å². The van der Waals surface area contributed by atoms with E-state index in [1.807, 2.05) is 62.6 Å². The van der Waals surface area contributed by atoms with Gasteiger partial charge < -0.3 is 10.4 Å². The monoisotopic (exact) mass is 636 g/mol. The zero-order chi connectivity index (χ0) is 31.7. The van der Waals surface area contributed by atoms with Crippen molar-refractivity contribution in [2.24, 2.45) is 5.92 Å². The summed E-state index contributed by atoms with van der Waals surface area (Å²) in [6.45, 7) is 4.47. The smallest absolute Gasteiger partial charge is 0.326 e. The molecule has 0 aromatic heterocycles. The lowest BCUT2D eigenvalue weighted by atomic mass is 9.87. The van der Waals surface area contributed by atoms with Gasteiger partial charge in [0.1, 0.15) is 6.04 Å². The SMILES string of the molecule is CSCCC(NC(=O)c1ccc(CN(CCC2CCCCC2)S(=O)(=O)c2ccc(C)cc2)cc1-c1ccccc1C)C(=O)O. The van der Waals surface area contributed by atoms with Crippen LogP contribution in [0.5, 0.6) is 0 Å². The molecule has 0 heterocycles. The van der Waals surface area contributed by atoms with Gasteiger partial charge in [-0.1, -0.05) is 80.1 Å². The van der Waals surface area contributed by atoms with Gasteiger partial charge in [-0.05, 0) is 91.1 Å². The average Bonchev–Trinajstić information content (AvgIpc) is 3.01. The van der Waals surface area contributed by atoms with Crippen molar-refractivity contribution in [3.63, 3.8) is 0 Å². The molecular formula is C35H44N2O5S2. The number of benzene rings is 3. The third kappa shape index (κ3) is 8.73. The second-order valence-corrected chi connectivity index (χ2v) is 14.7. The fraction of sp³-hybridized carbons (Fsp3) is 0.429. The minimum Gasteiger partial charge on any atom is -0.480 e. The number of hydrogen-bond donors (Lipinski definition) is 2. The van der Waals surface area contributed by atoms with Gasteiger partial charge in [0.05, 0.1) is 4.90 Å². The summed E-state index contributed by atoms with van der Waals surface area (Å²) in [5, 5.41) is 12.4. The van der Waals surface area contributed by atoms with Crippen molar-refractivity contribution in [1.29, 1.82) is 0 Å². The Morgan fingerprint density at radius 1 is 0.977 bits per heavy atom. The fourth-order valence-corrected chi connectivity index (χ4v) is 7.78. The molecule has 4 rings (SSSR count). The highest BCUT2D eigenvalue weighted by molar-refractivity contribution is 7.98. The number of aryl methyl sites for hydroxylation is 2. The third-order valence-corrected chi connectivity index (χ3v) is 11.0. The molecule has 7 nitrogen and oxygen atoms in total. The number of rotatable bonds is 14. The summed E-state index contributed by atoms with van der Waals surface area (Å²) in [6, 6.07) is 19.0. The molecule has 0 aliphatic heterocycles. The molecule has 236 valence electrons. The van der Waals surface area contributed by atoms with E-state index >= 15 is 0 Å². The third-order valence-electron chi connectivity index (χ3n) is 8.51. The molecule has 1 fully saturated rings. The average molecular weight is 637 g/mol. The summed E-state index contributed by atoms with van der Waals surface area (Å²) >= 11 is 1.53. The maximum Gasteiger partial charge on any atom is 0.326 e. The van der Waals surface area contributed by atoms with E-state index in [1.165, 1.54) is 31.0 Å². The number of carboxylic acid groups (broad SMARTS) is 1. The quantitative estimate of drug-likeness (QED) is 0.196. The summed E-state index contributed by atoms with van der Waals surface area (Å²) in [7, 11) is -3.78. The lowest BCUT2D eigenvalue weighted by Crippen LogP contribution is -2.41. The van der Waals surface area contributed by atoms with E-state index in [0.717, 1.165) is 41.5 Å². The van der Waals surface area contributed by atoms with Gasteiger partial charge in [0.15, 0.2) is 0 Å². The maximum atomic E-state index is 14.0. The molecule has 44 heavy (non-hydrogen) atoms. The van der Waals surface area contributed by atoms with E-state index in [4.69, 9.17) is 0 Å². The Balaban J connectivity index is 1.70. The Morgan fingerprint density at radius 3 is 2.34 bits per heavy atom. The molecule has 1 saturated carbocycles. The Morgan fingerprint density at radius 2 is 1.68 bits per heavy atom. The number of thioether (sulfide) groups is 1. The van der Waals surface area contributed by atoms with E-state index < -0.39 is 27.9 Å². The van der Waals surface area contributed by atoms with E-state index in [9.17, 15) is 23.1 Å². The Kier molecular flexibility index (Phi) is 12.1. The van der Waals surface area contributed by atoms with Crippen LogP contribution in [-0.4, -0.2) is 54.3 Å². The van der Waals surface area contributed by atoms with Crippen molar-refractivity contribution in [2.45, 2.75) is 76.3 Å². The molecule has 1 amide bonds. The zero-order valence-corrected chi connectivity index (χ0v) is 27.6. The molecule has 3 aromatic rings. The van der Waals surface area contributed by atoms with Crippen molar-refractivity contribution in [3.8, 4) is 11.1 Å². The molecule has 2 N–H and O–H groups in total. The second-order valence-electron chi connectivity index (χ2n) is 11.8. The van der Waals surface area contributed by atoms with Gasteiger partial charge >= 0.3 is 5.97 Å². The molecule has 0 bridgehead atoms. The van der Waals surface area contributed by atoms with Crippen molar-refractivity contribution in [2.75, 3.05) is 18.6 Å². The molecular weight excluding hydrogens is 593 g/mol. The Hall–Kier alpha value is -3.14. The van der Waals surface area contributed by atoms with Crippen LogP contribution in [0.2, 0.25) is 0 Å². The minimum atomic E-state index is -3.78. The molecule has 0 saturated heterocycles. The standard InChI is InChI=1S/C35H44N2O5S2/c1-25-13-16-29(17-14-25)44(41,42)37(21-19-27-10-5-4-6-11-27)24-28-15-18-31(32(23-28)30-12-8-7-9-26(30)2)34(38)36-33(35(39)40)20-22-43-3/h7-9,12-18,23,27,33H,4-6,10-11,19-22,24H2,1-3H3,(H,36,38)(H,39,40). The van der Waals surface area contributed by atoms with Crippen LogP contribution in [-0.2, 0) is 21.4 Å². The van der Waals surface area contributed by atoms with Crippen molar-refractivity contribution >= 4 is 33.7 Å². The van der Waals surface area contributed by atoms with Gasteiger partial charge in [-0.3, -0.25) is 4.79 Å². The van der Waals surface area contributed by atoms with Gasteiger partial charge in [-0.25, -0.2) is 13.2 Å². The number of sulfonamides is 1. The topological polar surface area (TPSA) is 104 Å². The van der Waals surface area contributed by atoms with Crippen LogP contribution in [0.1, 0.15) is 72.0 Å². The predicted octanol–water partition coefficient (Wildman–Crippen LogP) is 7.07. The van der Waals surface area contributed by atoms with E-state index in [1.54, 1.807) is 28.6 Å². The molecule has 1 atom stereocenters. The first-order valence-electron chi connectivity index (χ1n) is 15.4. The molecule has 0 spiro atoms. The highest BCUT2D eigenvalue weighted by atomic mass is 32.2. The molecule has 1 unspecified atom stereocenters. The Bertz CT molecular complexity index is 1530. The molecule has 1 aliphatic rings. The number of carboxylic acids is 1. The normalized spacial score (nSPS) is 14.8. The first kappa shape index (κ1) is 33.7. The predicted molar refractivity (Wildman–Crippen MR) is 178 cm³/mol. The highest BCUT2D eigenvalue weighted by Crippen LogP contribution is 2.31. The lowest BCUT2D eigenvalue weighted by Gasteiger charge is -2.27. The summed E-state index contributed by atoms with van der Waals surface area (Å²) in [5.74, 6) is -0.421. The summed E-state index contributed by atoms with van der Waals surface area (Å²) in [5.41, 5.74) is 4.55.